The van der Waals surface area contributed by atoms with Crippen LogP contribution in [0.1, 0.15) is 56.4 Å². The van der Waals surface area contributed by atoms with Crippen molar-refractivity contribution in [3.63, 3.8) is 0 Å². The van der Waals surface area contributed by atoms with Crippen LogP contribution < -0.4 is 16.2 Å². The summed E-state index contributed by atoms with van der Waals surface area (Å²) in [6, 6.07) is 6.17. The van der Waals surface area contributed by atoms with Gasteiger partial charge in [0.1, 0.15) is 10.7 Å². The zero-order valence-electron chi connectivity index (χ0n) is 21.0. The Labute approximate surface area is 223 Å². The third kappa shape index (κ3) is 6.05. The number of halogens is 3. The Balaban J connectivity index is 1.64. The lowest BCUT2D eigenvalue weighted by atomic mass is 9.99. The fourth-order valence-electron chi connectivity index (χ4n) is 4.56. The largest absolute Gasteiger partial charge is 0.461 e. The summed E-state index contributed by atoms with van der Waals surface area (Å²) in [6.07, 6.45) is 1.26. The molecule has 1 atom stereocenters. The lowest BCUT2D eigenvalue weighted by molar-refractivity contribution is -0.138. The molecule has 4 rings (SSSR count). The lowest BCUT2D eigenvalue weighted by Crippen LogP contribution is -2.40. The van der Waals surface area contributed by atoms with E-state index in [1.807, 2.05) is 0 Å². The lowest BCUT2D eigenvalue weighted by Gasteiger charge is -2.33. The SMILES string of the molecule is CCOC(=O)C(N)=C1CN(c2cnn(C3CCCCO3)c(=O)c2Cl)CCC1=NCc1ccccc1C(F)F. The van der Waals surface area contributed by atoms with E-state index in [1.165, 1.54) is 16.9 Å². The average Bonchev–Trinajstić information content (AvgIpc) is 2.93. The molecule has 0 spiro atoms. The first-order chi connectivity index (χ1) is 18.3. The molecule has 2 aromatic rings. The number of hydrogen-bond donors (Lipinski definition) is 1. The Morgan fingerprint density at radius 1 is 1.34 bits per heavy atom. The third-order valence-electron chi connectivity index (χ3n) is 6.56. The summed E-state index contributed by atoms with van der Waals surface area (Å²) in [5, 5.41) is 4.29. The Bertz CT molecular complexity index is 1290. The van der Waals surface area contributed by atoms with Gasteiger partial charge in [0.05, 0.1) is 25.0 Å². The van der Waals surface area contributed by atoms with Gasteiger partial charge >= 0.3 is 5.97 Å². The second kappa shape index (κ2) is 12.5. The number of esters is 1. The molecule has 0 aliphatic carbocycles. The number of carbonyl (C=O) groups is 1. The van der Waals surface area contributed by atoms with Crippen LogP contribution in [0.5, 0.6) is 0 Å². The van der Waals surface area contributed by atoms with Gasteiger partial charge in [0, 0.05) is 43.0 Å². The third-order valence-corrected chi connectivity index (χ3v) is 6.92. The Morgan fingerprint density at radius 3 is 2.84 bits per heavy atom. The van der Waals surface area contributed by atoms with E-state index in [9.17, 15) is 18.4 Å². The minimum Gasteiger partial charge on any atom is -0.461 e. The van der Waals surface area contributed by atoms with Crippen molar-refractivity contribution in [2.24, 2.45) is 10.7 Å². The Morgan fingerprint density at radius 2 is 2.13 bits per heavy atom. The summed E-state index contributed by atoms with van der Waals surface area (Å²) in [6.45, 7) is 2.83. The molecule has 0 radical (unpaired) electrons. The van der Waals surface area contributed by atoms with Crippen LogP contribution in [-0.2, 0) is 20.8 Å². The van der Waals surface area contributed by atoms with Crippen molar-refractivity contribution in [1.82, 2.24) is 9.78 Å². The summed E-state index contributed by atoms with van der Waals surface area (Å²) < 4.78 is 38.9. The topological polar surface area (TPSA) is 112 Å². The summed E-state index contributed by atoms with van der Waals surface area (Å²) in [7, 11) is 0. The van der Waals surface area contributed by atoms with Crippen molar-refractivity contribution < 1.29 is 23.0 Å². The summed E-state index contributed by atoms with van der Waals surface area (Å²) in [5.41, 5.74) is 7.15. The van der Waals surface area contributed by atoms with E-state index in [0.29, 0.717) is 48.5 Å². The van der Waals surface area contributed by atoms with E-state index in [-0.39, 0.29) is 36.0 Å². The first kappa shape index (κ1) is 27.7. The van der Waals surface area contributed by atoms with Gasteiger partial charge in [-0.3, -0.25) is 9.79 Å². The second-order valence-corrected chi connectivity index (χ2v) is 9.34. The number of hydrogen-bond acceptors (Lipinski definition) is 8. The number of rotatable bonds is 7. The molecule has 12 heteroatoms. The highest BCUT2D eigenvalue weighted by Gasteiger charge is 2.29. The highest BCUT2D eigenvalue weighted by molar-refractivity contribution is 6.33. The second-order valence-electron chi connectivity index (χ2n) is 8.96. The molecule has 2 saturated heterocycles. The number of piperidine rings is 1. The van der Waals surface area contributed by atoms with Crippen molar-refractivity contribution in [3.8, 4) is 0 Å². The number of ether oxygens (including phenoxy) is 2. The fourth-order valence-corrected chi connectivity index (χ4v) is 4.81. The minimum absolute atomic E-state index is 0.00476. The number of aromatic nitrogens is 2. The number of nitrogens with zero attached hydrogens (tertiary/aromatic N) is 4. The molecular weight excluding hydrogens is 520 g/mol. The molecule has 0 bridgehead atoms. The molecule has 38 heavy (non-hydrogen) atoms. The zero-order valence-corrected chi connectivity index (χ0v) is 21.8. The number of alkyl halides is 2. The number of carbonyl (C=O) groups excluding carboxylic acids is 1. The Kier molecular flexibility index (Phi) is 9.11. The van der Waals surface area contributed by atoms with Crippen molar-refractivity contribution in [1.29, 1.82) is 0 Å². The van der Waals surface area contributed by atoms with Gasteiger partial charge in [0.25, 0.3) is 12.0 Å². The van der Waals surface area contributed by atoms with Gasteiger partial charge in [-0.25, -0.2) is 13.6 Å². The van der Waals surface area contributed by atoms with E-state index in [2.05, 4.69) is 10.1 Å². The first-order valence-corrected chi connectivity index (χ1v) is 12.9. The highest BCUT2D eigenvalue weighted by atomic mass is 35.5. The highest BCUT2D eigenvalue weighted by Crippen LogP contribution is 2.29. The van der Waals surface area contributed by atoms with Crippen LogP contribution in [0.4, 0.5) is 14.5 Å². The van der Waals surface area contributed by atoms with E-state index < -0.39 is 24.2 Å². The molecule has 0 amide bonds. The molecular formula is C26H30ClF2N5O4. The van der Waals surface area contributed by atoms with Gasteiger partial charge in [-0.05, 0) is 31.7 Å². The van der Waals surface area contributed by atoms with Gasteiger partial charge in [-0.1, -0.05) is 35.9 Å². The quantitative estimate of drug-likeness (QED) is 0.407. The standard InChI is InChI=1S/C26H30ClF2N5O4/c1-2-37-26(36)23(30)18-15-33(11-10-19(18)31-13-16-7-3-4-8-17(16)24(28)29)20-14-32-34(25(35)22(20)27)21-9-5-6-12-38-21/h3-4,7-8,14,21,24H,2,5-6,9-13,15,30H2,1H3. The molecule has 1 unspecified atom stereocenters. The van der Waals surface area contributed by atoms with Gasteiger partial charge in [0.2, 0.25) is 0 Å². The van der Waals surface area contributed by atoms with E-state index in [1.54, 1.807) is 30.0 Å². The zero-order chi connectivity index (χ0) is 27.2. The van der Waals surface area contributed by atoms with Crippen LogP contribution in [0.25, 0.3) is 0 Å². The molecule has 0 saturated carbocycles. The minimum atomic E-state index is -2.64. The number of anilines is 1. The molecule has 9 nitrogen and oxygen atoms in total. The van der Waals surface area contributed by atoms with Gasteiger partial charge in [0.15, 0.2) is 6.23 Å². The van der Waals surface area contributed by atoms with E-state index in [4.69, 9.17) is 26.8 Å². The van der Waals surface area contributed by atoms with Gasteiger partial charge in [-0.2, -0.15) is 9.78 Å². The monoisotopic (exact) mass is 549 g/mol. The smallest absolute Gasteiger partial charge is 0.354 e. The van der Waals surface area contributed by atoms with Crippen LogP contribution in [0, 0.1) is 0 Å². The van der Waals surface area contributed by atoms with Crippen LogP contribution in [0.15, 0.2) is 51.5 Å². The summed E-state index contributed by atoms with van der Waals surface area (Å²) >= 11 is 6.50. The maximum atomic E-state index is 13.4. The number of nitrogens with two attached hydrogens (primary N) is 1. The molecule has 1 aromatic carbocycles. The van der Waals surface area contributed by atoms with Crippen LogP contribution >= 0.6 is 11.6 Å². The first-order valence-electron chi connectivity index (χ1n) is 12.5. The van der Waals surface area contributed by atoms with Crippen LogP contribution in [0.3, 0.4) is 0 Å². The molecule has 2 aliphatic heterocycles. The molecule has 1 aromatic heterocycles. The molecule has 2 fully saturated rings. The molecule has 3 heterocycles. The van der Waals surface area contributed by atoms with Gasteiger partial charge in [-0.15, -0.1) is 0 Å². The predicted molar refractivity (Wildman–Crippen MR) is 140 cm³/mol. The number of aliphatic imine (C=N–C) groups is 1. The van der Waals surface area contributed by atoms with Crippen molar-refractivity contribution in [2.75, 3.05) is 31.2 Å². The maximum Gasteiger partial charge on any atom is 0.354 e. The van der Waals surface area contributed by atoms with Gasteiger partial charge < -0.3 is 20.1 Å². The summed E-state index contributed by atoms with van der Waals surface area (Å²) in [4.78, 5) is 31.9. The molecule has 2 N–H and O–H groups in total. The normalized spacial score (nSPS) is 20.6. The predicted octanol–water partition coefficient (Wildman–Crippen LogP) is 4.16. The average molecular weight is 550 g/mol. The van der Waals surface area contributed by atoms with Crippen molar-refractivity contribution in [3.05, 3.63) is 68.2 Å². The maximum absolute atomic E-state index is 13.4. The summed E-state index contributed by atoms with van der Waals surface area (Å²) in [5.74, 6) is -0.709. The van der Waals surface area contributed by atoms with Crippen molar-refractivity contribution >= 4 is 29.0 Å². The molecule has 2 aliphatic rings. The number of benzene rings is 1. The van der Waals surface area contributed by atoms with E-state index >= 15 is 0 Å². The fraction of sp³-hybridized carbons (Fsp3) is 0.462. The molecule has 204 valence electrons. The van der Waals surface area contributed by atoms with Crippen LogP contribution in [0.2, 0.25) is 5.02 Å². The van der Waals surface area contributed by atoms with E-state index in [0.717, 1.165) is 12.8 Å². The van der Waals surface area contributed by atoms with Crippen molar-refractivity contribution in [2.45, 2.75) is 51.8 Å². The Hall–Kier alpha value is -3.31. The van der Waals surface area contributed by atoms with Crippen LogP contribution in [-0.4, -0.2) is 47.8 Å².